The second-order valence-electron chi connectivity index (χ2n) is 8.02. The molecule has 36 heavy (non-hydrogen) atoms. The highest BCUT2D eigenvalue weighted by atomic mass is 16.5. The second kappa shape index (κ2) is 13.1. The van der Waals surface area contributed by atoms with Crippen LogP contribution in [0.1, 0.15) is 36.4 Å². The van der Waals surface area contributed by atoms with E-state index in [1.165, 1.54) is 6.08 Å². The SMILES string of the molecule is CCOc1ccc(CCNC(=O)COC(=O)C=Cc2c(C)nn(-c3ccccc3)c2C)cc1OCC. The van der Waals surface area contributed by atoms with Gasteiger partial charge in [0.15, 0.2) is 18.1 Å². The maximum atomic E-state index is 12.2. The maximum Gasteiger partial charge on any atom is 0.331 e. The first-order valence-corrected chi connectivity index (χ1v) is 12.0. The number of ether oxygens (including phenoxy) is 3. The predicted octanol–water partition coefficient (Wildman–Crippen LogP) is 4.20. The van der Waals surface area contributed by atoms with Gasteiger partial charge in [0.1, 0.15) is 0 Å². The molecular formula is C28H33N3O5. The summed E-state index contributed by atoms with van der Waals surface area (Å²) in [6.45, 7) is 8.80. The number of aryl methyl sites for hydroxylation is 1. The molecule has 1 aromatic heterocycles. The van der Waals surface area contributed by atoms with E-state index in [2.05, 4.69) is 10.4 Å². The van der Waals surface area contributed by atoms with Crippen LogP contribution < -0.4 is 14.8 Å². The monoisotopic (exact) mass is 491 g/mol. The van der Waals surface area contributed by atoms with E-state index in [-0.39, 0.29) is 12.5 Å². The third kappa shape index (κ3) is 7.21. The summed E-state index contributed by atoms with van der Waals surface area (Å²) in [5, 5.41) is 7.32. The Bertz CT molecular complexity index is 1200. The fourth-order valence-corrected chi connectivity index (χ4v) is 3.70. The van der Waals surface area contributed by atoms with Gasteiger partial charge in [-0.15, -0.1) is 0 Å². The molecule has 0 spiro atoms. The fourth-order valence-electron chi connectivity index (χ4n) is 3.70. The zero-order valence-corrected chi connectivity index (χ0v) is 21.2. The summed E-state index contributed by atoms with van der Waals surface area (Å²) < 4.78 is 18.1. The van der Waals surface area contributed by atoms with Crippen LogP contribution in [-0.2, 0) is 20.7 Å². The van der Waals surface area contributed by atoms with E-state index in [0.29, 0.717) is 37.7 Å². The number of esters is 1. The Kier molecular flexibility index (Phi) is 9.68. The van der Waals surface area contributed by atoms with Gasteiger partial charge in [-0.2, -0.15) is 5.10 Å². The van der Waals surface area contributed by atoms with Crippen LogP contribution in [0.5, 0.6) is 11.5 Å². The van der Waals surface area contributed by atoms with Crippen molar-refractivity contribution in [3.8, 4) is 17.2 Å². The van der Waals surface area contributed by atoms with Gasteiger partial charge < -0.3 is 19.5 Å². The van der Waals surface area contributed by atoms with Crippen LogP contribution in [0.3, 0.4) is 0 Å². The van der Waals surface area contributed by atoms with Crippen LogP contribution in [0, 0.1) is 13.8 Å². The van der Waals surface area contributed by atoms with Crippen molar-refractivity contribution in [1.29, 1.82) is 0 Å². The predicted molar refractivity (Wildman–Crippen MR) is 139 cm³/mol. The van der Waals surface area contributed by atoms with Crippen LogP contribution in [0.2, 0.25) is 0 Å². The number of nitrogens with zero attached hydrogens (tertiary/aromatic N) is 2. The summed E-state index contributed by atoms with van der Waals surface area (Å²) in [5.74, 6) is 0.426. The molecule has 0 radical (unpaired) electrons. The molecule has 0 aliphatic heterocycles. The Labute approximate surface area is 211 Å². The largest absolute Gasteiger partial charge is 0.490 e. The van der Waals surface area contributed by atoms with Crippen LogP contribution in [0.4, 0.5) is 0 Å². The van der Waals surface area contributed by atoms with E-state index in [4.69, 9.17) is 14.2 Å². The summed E-state index contributed by atoms with van der Waals surface area (Å²) in [6, 6.07) is 15.5. The standard InChI is InChI=1S/C28H33N3O5/c1-5-34-25-14-12-22(18-26(25)35-6-2)16-17-29-27(32)19-36-28(33)15-13-24-20(3)30-31(21(24)4)23-10-8-7-9-11-23/h7-15,18H,5-6,16-17,19H2,1-4H3,(H,29,32). The first-order valence-electron chi connectivity index (χ1n) is 12.0. The Morgan fingerprint density at radius 2 is 1.72 bits per heavy atom. The van der Waals surface area contributed by atoms with Crippen molar-refractivity contribution in [3.05, 3.63) is 77.1 Å². The molecule has 8 heteroatoms. The highest BCUT2D eigenvalue weighted by Gasteiger charge is 2.12. The van der Waals surface area contributed by atoms with Gasteiger partial charge in [-0.05, 0) is 70.0 Å². The zero-order valence-electron chi connectivity index (χ0n) is 21.2. The number of carbonyl (C=O) groups excluding carboxylic acids is 2. The molecule has 3 rings (SSSR count). The van der Waals surface area contributed by atoms with Crippen molar-refractivity contribution in [1.82, 2.24) is 15.1 Å². The van der Waals surface area contributed by atoms with Crippen LogP contribution in [0.15, 0.2) is 54.6 Å². The highest BCUT2D eigenvalue weighted by Crippen LogP contribution is 2.28. The topological polar surface area (TPSA) is 91.7 Å². The molecule has 0 aliphatic carbocycles. The molecule has 1 heterocycles. The number of carbonyl (C=O) groups is 2. The van der Waals surface area contributed by atoms with Crippen LogP contribution in [-0.4, -0.2) is 48.0 Å². The summed E-state index contributed by atoms with van der Waals surface area (Å²) in [6.07, 6.45) is 3.59. The summed E-state index contributed by atoms with van der Waals surface area (Å²) in [4.78, 5) is 24.3. The zero-order chi connectivity index (χ0) is 25.9. The van der Waals surface area contributed by atoms with Crippen molar-refractivity contribution in [3.63, 3.8) is 0 Å². The molecule has 1 N–H and O–H groups in total. The van der Waals surface area contributed by atoms with Crippen LogP contribution in [0.25, 0.3) is 11.8 Å². The number of nitrogens with one attached hydrogen (secondary N) is 1. The minimum absolute atomic E-state index is 0.349. The van der Waals surface area contributed by atoms with Gasteiger partial charge in [-0.3, -0.25) is 4.79 Å². The number of amides is 1. The average molecular weight is 492 g/mol. The van der Waals surface area contributed by atoms with E-state index in [1.807, 2.05) is 80.9 Å². The van der Waals surface area contributed by atoms with E-state index in [1.54, 1.807) is 6.08 Å². The van der Waals surface area contributed by atoms with Crippen molar-refractivity contribution in [2.45, 2.75) is 34.1 Å². The van der Waals surface area contributed by atoms with Gasteiger partial charge in [0.2, 0.25) is 0 Å². The number of aromatic nitrogens is 2. The lowest BCUT2D eigenvalue weighted by Crippen LogP contribution is -2.30. The normalized spacial score (nSPS) is 10.9. The molecule has 190 valence electrons. The second-order valence-corrected chi connectivity index (χ2v) is 8.02. The molecule has 0 saturated carbocycles. The molecule has 0 unspecified atom stereocenters. The fraction of sp³-hybridized carbons (Fsp3) is 0.321. The van der Waals surface area contributed by atoms with E-state index < -0.39 is 5.97 Å². The lowest BCUT2D eigenvalue weighted by Gasteiger charge is -2.12. The first-order chi connectivity index (χ1) is 17.4. The number of para-hydroxylation sites is 1. The number of rotatable bonds is 12. The van der Waals surface area contributed by atoms with Crippen molar-refractivity contribution >= 4 is 18.0 Å². The summed E-state index contributed by atoms with van der Waals surface area (Å²) in [5.41, 5.74) is 4.48. The van der Waals surface area contributed by atoms with E-state index in [0.717, 1.165) is 28.2 Å². The Morgan fingerprint density at radius 3 is 2.44 bits per heavy atom. The molecule has 8 nitrogen and oxygen atoms in total. The highest BCUT2D eigenvalue weighted by molar-refractivity contribution is 5.89. The smallest absolute Gasteiger partial charge is 0.331 e. The first kappa shape index (κ1) is 26.5. The van der Waals surface area contributed by atoms with Gasteiger partial charge in [0, 0.05) is 23.9 Å². The summed E-state index contributed by atoms with van der Waals surface area (Å²) in [7, 11) is 0. The number of hydrogen-bond donors (Lipinski definition) is 1. The summed E-state index contributed by atoms with van der Waals surface area (Å²) >= 11 is 0. The van der Waals surface area contributed by atoms with Gasteiger partial charge >= 0.3 is 5.97 Å². The maximum absolute atomic E-state index is 12.2. The Hall–Kier alpha value is -4.07. The minimum atomic E-state index is -0.593. The minimum Gasteiger partial charge on any atom is -0.490 e. The van der Waals surface area contributed by atoms with Crippen molar-refractivity contribution in [2.24, 2.45) is 0 Å². The number of benzene rings is 2. The Morgan fingerprint density at radius 1 is 1.00 bits per heavy atom. The van der Waals surface area contributed by atoms with Gasteiger partial charge in [0.25, 0.3) is 5.91 Å². The molecule has 0 atom stereocenters. The Balaban J connectivity index is 1.47. The van der Waals surface area contributed by atoms with E-state index >= 15 is 0 Å². The molecular weight excluding hydrogens is 458 g/mol. The van der Waals surface area contributed by atoms with Crippen molar-refractivity contribution < 1.29 is 23.8 Å². The lowest BCUT2D eigenvalue weighted by atomic mass is 10.1. The molecule has 0 bridgehead atoms. The van der Waals surface area contributed by atoms with Crippen molar-refractivity contribution in [2.75, 3.05) is 26.4 Å². The average Bonchev–Trinajstić information content (AvgIpc) is 3.16. The van der Waals surface area contributed by atoms with Crippen LogP contribution >= 0.6 is 0 Å². The molecule has 0 fully saturated rings. The molecule has 0 saturated heterocycles. The molecule has 1 amide bonds. The quantitative estimate of drug-likeness (QED) is 0.302. The molecule has 2 aromatic carbocycles. The third-order valence-electron chi connectivity index (χ3n) is 5.42. The molecule has 0 aliphatic rings. The number of hydrogen-bond acceptors (Lipinski definition) is 6. The lowest BCUT2D eigenvalue weighted by molar-refractivity contribution is -0.143. The van der Waals surface area contributed by atoms with Gasteiger partial charge in [0.05, 0.1) is 24.6 Å². The molecule has 3 aromatic rings. The van der Waals surface area contributed by atoms with E-state index in [9.17, 15) is 9.59 Å². The van der Waals surface area contributed by atoms with Gasteiger partial charge in [-0.25, -0.2) is 9.48 Å². The van der Waals surface area contributed by atoms with Gasteiger partial charge in [-0.1, -0.05) is 24.3 Å². The third-order valence-corrected chi connectivity index (χ3v) is 5.42.